The first-order valence-electron chi connectivity index (χ1n) is 20.0. The van der Waals surface area contributed by atoms with Gasteiger partial charge in [-0.1, -0.05) is 95.5 Å². The molecule has 2 N–H and O–H groups in total. The number of benzene rings is 5. The zero-order chi connectivity index (χ0) is 43.4. The van der Waals surface area contributed by atoms with E-state index in [9.17, 15) is 19.5 Å². The van der Waals surface area contributed by atoms with Gasteiger partial charge in [-0.2, -0.15) is 5.01 Å². The Kier molecular flexibility index (Phi) is 10.5. The molecule has 1 saturated carbocycles. The van der Waals surface area contributed by atoms with Crippen molar-refractivity contribution >= 4 is 70.1 Å². The molecule has 2 aliphatic carbocycles. The Morgan fingerprint density at radius 3 is 2.23 bits per heavy atom. The van der Waals surface area contributed by atoms with Crippen LogP contribution in [0.5, 0.6) is 17.2 Å². The van der Waals surface area contributed by atoms with Gasteiger partial charge >= 0.3 is 0 Å². The van der Waals surface area contributed by atoms with E-state index in [0.717, 1.165) is 10.6 Å². The van der Waals surface area contributed by atoms with Gasteiger partial charge in [-0.25, -0.2) is 0 Å². The van der Waals surface area contributed by atoms with Crippen LogP contribution < -0.4 is 19.8 Å². The molecule has 2 saturated heterocycles. The number of aromatic hydroxyl groups is 1. The molecule has 62 heavy (non-hydrogen) atoms. The number of carbonyl (C=O) groups is 5. The van der Waals surface area contributed by atoms with Gasteiger partial charge < -0.3 is 14.6 Å². The molecule has 0 radical (unpaired) electrons. The number of anilines is 2. The molecule has 11 nitrogen and oxygen atoms in total. The molecule has 0 aromatic heterocycles. The number of rotatable bonds is 10. The van der Waals surface area contributed by atoms with Gasteiger partial charge in [0.05, 0.1) is 53.8 Å². The molecule has 0 spiro atoms. The molecule has 0 unspecified atom stereocenters. The van der Waals surface area contributed by atoms with Gasteiger partial charge in [0, 0.05) is 22.1 Å². The van der Waals surface area contributed by atoms with Crippen LogP contribution in [0.2, 0.25) is 10.0 Å². The number of methoxy groups -OCH3 is 2. The van der Waals surface area contributed by atoms with Gasteiger partial charge in [0.2, 0.25) is 11.8 Å². The average Bonchev–Trinajstić information content (AvgIpc) is 3.67. The minimum atomic E-state index is -1.55. The molecular weight excluding hydrogens is 829 g/mol. The number of allylic oxidation sites excluding steroid dienone is 3. The number of phenols is 1. The van der Waals surface area contributed by atoms with Gasteiger partial charge in [0.15, 0.2) is 17.3 Å². The Balaban J connectivity index is 1.15. The minimum absolute atomic E-state index is 0.0521. The van der Waals surface area contributed by atoms with Crippen LogP contribution in [0.1, 0.15) is 39.9 Å². The number of hydrazine groups is 1. The smallest absolute Gasteiger partial charge is 0.260 e. The summed E-state index contributed by atoms with van der Waals surface area (Å²) in [6.07, 6.45) is 5.92. The second kappa shape index (κ2) is 16.0. The second-order valence-corrected chi connectivity index (χ2v) is 16.6. The van der Waals surface area contributed by atoms with Crippen LogP contribution >= 0.6 is 23.2 Å². The highest BCUT2D eigenvalue weighted by molar-refractivity contribution is 6.36. The number of hydrogen-bond acceptors (Lipinski definition) is 9. The summed E-state index contributed by atoms with van der Waals surface area (Å²) in [5.74, 6) is -5.34. The van der Waals surface area contributed by atoms with Crippen LogP contribution in [-0.4, -0.2) is 53.7 Å². The molecule has 6 atom stereocenters. The SMILES string of the molecule is COc1ccc([C@@]23C(=O)N(Nc4ccc(Cl)cc4Cl)C(=O)[C@@H]2C[C@@H]2C(=CC[C@@H]4C(=O)N(c5ccc(C(=O)c6ccccc6)cc5)C(=O)[C@@H]42)[C@@H]3C=Cc2ccc(O)c(OC)c2)cc1. The third-order valence-corrected chi connectivity index (χ3v) is 13.3. The number of ether oxygens (including phenoxy) is 2. The Labute approximate surface area is 367 Å². The zero-order valence-electron chi connectivity index (χ0n) is 33.5. The first kappa shape index (κ1) is 40.7. The molecule has 2 aliphatic heterocycles. The summed E-state index contributed by atoms with van der Waals surface area (Å²) in [5.41, 5.74) is 4.93. The number of imide groups is 2. The van der Waals surface area contributed by atoms with E-state index in [1.807, 2.05) is 18.2 Å². The first-order chi connectivity index (χ1) is 30.0. The van der Waals surface area contributed by atoms with Crippen LogP contribution in [-0.2, 0) is 24.6 Å². The fourth-order valence-electron chi connectivity index (χ4n) is 9.87. The maximum Gasteiger partial charge on any atom is 0.260 e. The first-order valence-corrected chi connectivity index (χ1v) is 20.8. The largest absolute Gasteiger partial charge is 0.504 e. The van der Waals surface area contributed by atoms with E-state index >= 15 is 9.59 Å². The minimum Gasteiger partial charge on any atom is -0.504 e. The molecule has 312 valence electrons. The van der Waals surface area contributed by atoms with Crippen molar-refractivity contribution in [3.8, 4) is 17.2 Å². The van der Waals surface area contributed by atoms with Crippen molar-refractivity contribution in [2.45, 2.75) is 18.3 Å². The standard InChI is InChI=1S/C49H39Cl2N3O8/c1-61-33-17-12-30(13-18-33)49-37(21-8-27-9-23-41(55)42(24-27)62-2)34-19-20-35-43(36(34)26-38(49)46(58)54(48(49)60)52-40-22-14-31(50)25-39(40)51)47(59)53(45(35)57)32-15-10-29(11-16-32)44(56)28-6-4-3-5-7-28/h3-19,21-25,35-38,43,52,55H,20,26H2,1-2H3/t35-,36+,37-,38-,43-,49-/m0/s1. The zero-order valence-corrected chi connectivity index (χ0v) is 35.0. The molecule has 0 bridgehead atoms. The highest BCUT2D eigenvalue weighted by Crippen LogP contribution is 2.62. The molecule has 9 rings (SSSR count). The van der Waals surface area contributed by atoms with Gasteiger partial charge in [0.1, 0.15) is 5.75 Å². The van der Waals surface area contributed by atoms with Crippen molar-refractivity contribution < 1.29 is 38.6 Å². The van der Waals surface area contributed by atoms with Crippen molar-refractivity contribution in [1.82, 2.24) is 5.01 Å². The van der Waals surface area contributed by atoms with Crippen molar-refractivity contribution in [2.24, 2.45) is 29.6 Å². The van der Waals surface area contributed by atoms with Crippen molar-refractivity contribution in [2.75, 3.05) is 24.5 Å². The van der Waals surface area contributed by atoms with Crippen LogP contribution in [0.3, 0.4) is 0 Å². The van der Waals surface area contributed by atoms with Gasteiger partial charge in [-0.05, 0) is 96.6 Å². The lowest BCUT2D eigenvalue weighted by Crippen LogP contribution is -2.54. The molecular formula is C49H39Cl2N3O8. The van der Waals surface area contributed by atoms with Crippen LogP contribution in [0.4, 0.5) is 11.4 Å². The summed E-state index contributed by atoms with van der Waals surface area (Å²) in [5, 5.41) is 11.9. The monoisotopic (exact) mass is 867 g/mol. The van der Waals surface area contributed by atoms with E-state index in [1.54, 1.807) is 103 Å². The van der Waals surface area contributed by atoms with E-state index < -0.39 is 52.7 Å². The number of fused-ring (bicyclic) bond motifs is 4. The summed E-state index contributed by atoms with van der Waals surface area (Å²) < 4.78 is 10.9. The molecule has 4 amide bonds. The quantitative estimate of drug-likeness (QED) is 0.0801. The summed E-state index contributed by atoms with van der Waals surface area (Å²) >= 11 is 12.8. The van der Waals surface area contributed by atoms with E-state index in [0.29, 0.717) is 38.7 Å². The third-order valence-electron chi connectivity index (χ3n) is 12.7. The predicted octanol–water partition coefficient (Wildman–Crippen LogP) is 8.68. The Bertz CT molecular complexity index is 2720. The fourth-order valence-corrected chi connectivity index (χ4v) is 10.3. The number of amides is 4. The predicted molar refractivity (Wildman–Crippen MR) is 234 cm³/mol. The van der Waals surface area contributed by atoms with Crippen LogP contribution in [0.15, 0.2) is 133 Å². The number of nitrogens with one attached hydrogen (secondary N) is 1. The normalized spacial score (nSPS) is 24.1. The number of carbonyl (C=O) groups excluding carboxylic acids is 5. The second-order valence-electron chi connectivity index (χ2n) is 15.8. The molecule has 13 heteroatoms. The third kappa shape index (κ3) is 6.54. The van der Waals surface area contributed by atoms with Crippen molar-refractivity contribution in [3.63, 3.8) is 0 Å². The molecule has 3 fully saturated rings. The Morgan fingerprint density at radius 1 is 0.806 bits per heavy atom. The average molecular weight is 869 g/mol. The van der Waals surface area contributed by atoms with E-state index in [1.165, 1.54) is 31.3 Å². The Hall–Kier alpha value is -6.69. The molecule has 2 heterocycles. The van der Waals surface area contributed by atoms with Gasteiger partial charge in [-0.15, -0.1) is 0 Å². The lowest BCUT2D eigenvalue weighted by Gasteiger charge is -2.49. The molecule has 5 aromatic rings. The van der Waals surface area contributed by atoms with E-state index in [-0.39, 0.29) is 46.7 Å². The summed E-state index contributed by atoms with van der Waals surface area (Å²) in [7, 11) is 2.98. The van der Waals surface area contributed by atoms with Crippen LogP contribution in [0.25, 0.3) is 6.08 Å². The maximum atomic E-state index is 15.5. The highest BCUT2D eigenvalue weighted by Gasteiger charge is 2.69. The number of phenolic OH excluding ortho intramolecular Hbond substituents is 1. The van der Waals surface area contributed by atoms with E-state index in [2.05, 4.69) is 5.43 Å². The maximum absolute atomic E-state index is 15.5. The lowest BCUT2D eigenvalue weighted by molar-refractivity contribution is -0.139. The van der Waals surface area contributed by atoms with Crippen LogP contribution in [0, 0.1) is 29.6 Å². The molecule has 5 aromatic carbocycles. The van der Waals surface area contributed by atoms with Gasteiger partial charge in [-0.3, -0.25) is 34.3 Å². The van der Waals surface area contributed by atoms with Crippen molar-refractivity contribution in [3.05, 3.63) is 165 Å². The molecule has 4 aliphatic rings. The number of ketones is 1. The summed E-state index contributed by atoms with van der Waals surface area (Å²) in [4.78, 5) is 74.0. The number of nitrogens with zero attached hydrogens (tertiary/aromatic N) is 2. The van der Waals surface area contributed by atoms with Gasteiger partial charge in [0.25, 0.3) is 11.8 Å². The fraction of sp³-hybridized carbons (Fsp3) is 0.204. The number of hydrogen-bond donors (Lipinski definition) is 2. The Morgan fingerprint density at radius 2 is 1.53 bits per heavy atom. The summed E-state index contributed by atoms with van der Waals surface area (Å²) in [6.45, 7) is 0. The number of halogens is 2. The van der Waals surface area contributed by atoms with Crippen molar-refractivity contribution in [1.29, 1.82) is 0 Å². The van der Waals surface area contributed by atoms with E-state index in [4.69, 9.17) is 32.7 Å². The highest BCUT2D eigenvalue weighted by atomic mass is 35.5. The lowest BCUT2D eigenvalue weighted by atomic mass is 9.50. The summed E-state index contributed by atoms with van der Waals surface area (Å²) in [6, 6.07) is 31.8. The topological polar surface area (TPSA) is 143 Å².